The lowest BCUT2D eigenvalue weighted by atomic mass is 10.1. The topological polar surface area (TPSA) is 40.6 Å². The Hall–Kier alpha value is -2.36. The third-order valence-electron chi connectivity index (χ3n) is 3.85. The van der Waals surface area contributed by atoms with E-state index in [-0.39, 0.29) is 11.8 Å². The van der Waals surface area contributed by atoms with Crippen molar-refractivity contribution >= 4 is 23.6 Å². The number of amides is 2. The van der Waals surface area contributed by atoms with Crippen molar-refractivity contribution in [3.8, 4) is 0 Å². The second-order valence-electron chi connectivity index (χ2n) is 5.88. The maximum atomic E-state index is 12.1. The number of carbonyl (C=O) groups is 2. The first-order valence-corrected chi connectivity index (χ1v) is 8.03. The van der Waals surface area contributed by atoms with Gasteiger partial charge in [0.05, 0.1) is 0 Å². The van der Waals surface area contributed by atoms with E-state index in [2.05, 4.69) is 6.58 Å². The van der Waals surface area contributed by atoms with Crippen molar-refractivity contribution in [2.75, 3.05) is 24.5 Å². The van der Waals surface area contributed by atoms with Gasteiger partial charge < -0.3 is 9.80 Å². The number of nitrogens with zero attached hydrogens (tertiary/aromatic N) is 2. The van der Waals surface area contributed by atoms with Crippen LogP contribution in [0.25, 0.3) is 6.08 Å². The zero-order valence-electron chi connectivity index (χ0n) is 13.9. The van der Waals surface area contributed by atoms with Gasteiger partial charge in [-0.3, -0.25) is 9.59 Å². The van der Waals surface area contributed by atoms with Crippen molar-refractivity contribution in [3.63, 3.8) is 0 Å². The van der Waals surface area contributed by atoms with E-state index < -0.39 is 0 Å². The van der Waals surface area contributed by atoms with Crippen LogP contribution in [-0.4, -0.2) is 36.3 Å². The van der Waals surface area contributed by atoms with Crippen LogP contribution < -0.4 is 4.90 Å². The first kappa shape index (κ1) is 17.0. The van der Waals surface area contributed by atoms with Gasteiger partial charge >= 0.3 is 0 Å². The fourth-order valence-corrected chi connectivity index (χ4v) is 2.63. The number of rotatable bonds is 6. The second kappa shape index (κ2) is 7.77. The van der Waals surface area contributed by atoms with E-state index >= 15 is 0 Å². The number of benzene rings is 1. The highest BCUT2D eigenvalue weighted by atomic mass is 16.2. The Labute approximate surface area is 138 Å². The van der Waals surface area contributed by atoms with Gasteiger partial charge in [0.25, 0.3) is 0 Å². The Morgan fingerprint density at radius 2 is 2.04 bits per heavy atom. The van der Waals surface area contributed by atoms with Gasteiger partial charge in [-0.1, -0.05) is 24.3 Å². The number of anilines is 1. The number of likely N-dealkylation sites (N-methyl/N-ethyl adjacent to an activating group) is 1. The van der Waals surface area contributed by atoms with Gasteiger partial charge in [-0.05, 0) is 44.0 Å². The molecule has 23 heavy (non-hydrogen) atoms. The molecule has 0 saturated carbocycles. The monoisotopic (exact) mass is 312 g/mol. The summed E-state index contributed by atoms with van der Waals surface area (Å²) in [4.78, 5) is 27.4. The number of hydrogen-bond acceptors (Lipinski definition) is 2. The lowest BCUT2D eigenvalue weighted by Crippen LogP contribution is -2.30. The average Bonchev–Trinajstić information content (AvgIpc) is 2.96. The van der Waals surface area contributed by atoms with Crippen molar-refractivity contribution < 1.29 is 9.59 Å². The van der Waals surface area contributed by atoms with Gasteiger partial charge in [0.2, 0.25) is 11.8 Å². The summed E-state index contributed by atoms with van der Waals surface area (Å²) in [5.41, 5.74) is 2.84. The van der Waals surface area contributed by atoms with Crippen LogP contribution in [-0.2, 0) is 9.59 Å². The van der Waals surface area contributed by atoms with Crippen LogP contribution >= 0.6 is 0 Å². The Morgan fingerprint density at radius 3 is 2.57 bits per heavy atom. The molecule has 1 fully saturated rings. The zero-order valence-corrected chi connectivity index (χ0v) is 13.9. The molecule has 1 saturated heterocycles. The van der Waals surface area contributed by atoms with Crippen LogP contribution in [0.3, 0.4) is 0 Å². The summed E-state index contributed by atoms with van der Waals surface area (Å²) in [5.74, 6) is 0.163. The molecule has 1 aliphatic heterocycles. The zero-order chi connectivity index (χ0) is 16.8. The molecular weight excluding hydrogens is 288 g/mol. The minimum Gasteiger partial charge on any atom is -0.335 e. The molecule has 2 amide bonds. The normalized spacial score (nSPS) is 14.5. The van der Waals surface area contributed by atoms with Crippen LogP contribution in [0, 0.1) is 0 Å². The van der Waals surface area contributed by atoms with Crippen molar-refractivity contribution in [1.29, 1.82) is 0 Å². The van der Waals surface area contributed by atoms with Crippen LogP contribution in [0.5, 0.6) is 0 Å². The maximum absolute atomic E-state index is 12.1. The summed E-state index contributed by atoms with van der Waals surface area (Å²) in [6.45, 7) is 9.74. The quantitative estimate of drug-likeness (QED) is 0.597. The van der Waals surface area contributed by atoms with Crippen molar-refractivity contribution in [2.45, 2.75) is 26.7 Å². The average molecular weight is 312 g/mol. The molecule has 122 valence electrons. The fourth-order valence-electron chi connectivity index (χ4n) is 2.63. The van der Waals surface area contributed by atoms with E-state index in [9.17, 15) is 9.59 Å². The molecule has 4 nitrogen and oxygen atoms in total. The molecular formula is C19H24N2O2. The Morgan fingerprint density at radius 1 is 1.35 bits per heavy atom. The Bertz CT molecular complexity index is 617. The van der Waals surface area contributed by atoms with Crippen LogP contribution in [0.2, 0.25) is 0 Å². The molecule has 4 heteroatoms. The van der Waals surface area contributed by atoms with Crippen molar-refractivity contribution in [2.24, 2.45) is 0 Å². The van der Waals surface area contributed by atoms with Crippen molar-refractivity contribution in [3.05, 3.63) is 48.1 Å². The summed E-state index contributed by atoms with van der Waals surface area (Å²) in [6.07, 6.45) is 4.94. The van der Waals surface area contributed by atoms with Gasteiger partial charge in [-0.2, -0.15) is 0 Å². The molecule has 0 aliphatic carbocycles. The van der Waals surface area contributed by atoms with Crippen LogP contribution in [0.15, 0.2) is 42.5 Å². The van der Waals surface area contributed by atoms with E-state index in [0.717, 1.165) is 29.8 Å². The molecule has 0 atom stereocenters. The molecule has 0 unspecified atom stereocenters. The minimum atomic E-state index is -0.0192. The number of carbonyl (C=O) groups excluding carboxylic acids is 2. The molecule has 2 rings (SSSR count). The summed E-state index contributed by atoms with van der Waals surface area (Å²) >= 11 is 0. The highest BCUT2D eigenvalue weighted by Crippen LogP contribution is 2.21. The third kappa shape index (κ3) is 4.55. The molecule has 1 aromatic rings. The summed E-state index contributed by atoms with van der Waals surface area (Å²) < 4.78 is 0. The lowest BCUT2D eigenvalue weighted by Gasteiger charge is -2.19. The molecule has 0 aromatic heterocycles. The number of hydrogen-bond donors (Lipinski definition) is 0. The molecule has 0 bridgehead atoms. The first-order valence-electron chi connectivity index (χ1n) is 8.03. The SMILES string of the molecule is C=C(C)CN(CC)C(=O)/C=C/c1ccc(N2CCCC2=O)cc1. The maximum Gasteiger partial charge on any atom is 0.246 e. The molecule has 1 aromatic carbocycles. The van der Waals surface area contributed by atoms with Crippen LogP contribution in [0.4, 0.5) is 5.69 Å². The highest BCUT2D eigenvalue weighted by Gasteiger charge is 2.21. The Kier molecular flexibility index (Phi) is 5.74. The van der Waals surface area contributed by atoms with E-state index in [1.165, 1.54) is 0 Å². The Balaban J connectivity index is 2.01. The van der Waals surface area contributed by atoms with E-state index in [0.29, 0.717) is 19.5 Å². The molecule has 1 heterocycles. The first-order chi connectivity index (χ1) is 11.0. The highest BCUT2D eigenvalue weighted by molar-refractivity contribution is 5.95. The predicted octanol–water partition coefficient (Wildman–Crippen LogP) is 3.25. The summed E-state index contributed by atoms with van der Waals surface area (Å²) in [7, 11) is 0. The van der Waals surface area contributed by atoms with Crippen LogP contribution in [0.1, 0.15) is 32.3 Å². The summed E-state index contributed by atoms with van der Waals surface area (Å²) in [5, 5.41) is 0. The molecule has 1 aliphatic rings. The van der Waals surface area contributed by atoms with Crippen molar-refractivity contribution in [1.82, 2.24) is 4.90 Å². The van der Waals surface area contributed by atoms with Gasteiger partial charge in [-0.25, -0.2) is 0 Å². The smallest absolute Gasteiger partial charge is 0.246 e. The van der Waals surface area contributed by atoms with Gasteiger partial charge in [-0.15, -0.1) is 0 Å². The van der Waals surface area contributed by atoms with E-state index in [4.69, 9.17) is 0 Å². The van der Waals surface area contributed by atoms with Gasteiger partial charge in [0, 0.05) is 37.8 Å². The van der Waals surface area contributed by atoms with E-state index in [1.54, 1.807) is 17.1 Å². The molecule has 0 N–H and O–H groups in total. The van der Waals surface area contributed by atoms with Gasteiger partial charge in [0.1, 0.15) is 0 Å². The standard InChI is InChI=1S/C19H24N2O2/c1-4-20(14-15(2)3)18(22)12-9-16-7-10-17(11-8-16)21-13-5-6-19(21)23/h7-12H,2,4-6,13-14H2,1,3H3/b12-9+. The van der Waals surface area contributed by atoms with E-state index in [1.807, 2.05) is 43.0 Å². The molecule has 0 radical (unpaired) electrons. The predicted molar refractivity (Wildman–Crippen MR) is 94.1 cm³/mol. The second-order valence-corrected chi connectivity index (χ2v) is 5.88. The largest absolute Gasteiger partial charge is 0.335 e. The van der Waals surface area contributed by atoms with Gasteiger partial charge in [0.15, 0.2) is 0 Å². The molecule has 0 spiro atoms. The minimum absolute atomic E-state index is 0.0192. The summed E-state index contributed by atoms with van der Waals surface area (Å²) in [6, 6.07) is 7.72. The lowest BCUT2D eigenvalue weighted by molar-refractivity contribution is -0.125. The third-order valence-corrected chi connectivity index (χ3v) is 3.85. The fraction of sp³-hybridized carbons (Fsp3) is 0.368.